The zero-order valence-corrected chi connectivity index (χ0v) is 33.3. The first kappa shape index (κ1) is 39.9. The predicted octanol–water partition coefficient (Wildman–Crippen LogP) is 4.14. The fourth-order valence-electron chi connectivity index (χ4n) is 7.19. The molecule has 0 spiro atoms. The van der Waals surface area contributed by atoms with Gasteiger partial charge in [-0.1, -0.05) is 38.4 Å². The minimum absolute atomic E-state index is 0.0300. The highest BCUT2D eigenvalue weighted by Gasteiger charge is 2.67. The lowest BCUT2D eigenvalue weighted by atomic mass is 9.85. The van der Waals surface area contributed by atoms with Gasteiger partial charge in [-0.25, -0.2) is 13.4 Å². The SMILES string of the molecule is C=C[C@@H]1C[C@@]1(C(=O)NS(=O)(=O)C1CC1)N1C[C@H](Oc2ncc(OC)c3ccc(Cl)cc23)C[C@H]1C(=O)NC(=O)[C@@H](Nc1ccc(C(=O)N(C)C)cc1)C(C)(C)C. The molecule has 0 bridgehead atoms. The molecule has 0 radical (unpaired) electrons. The molecule has 1 aliphatic heterocycles. The second-order valence-corrected chi connectivity index (χ2v) is 18.1. The van der Waals surface area contributed by atoms with Gasteiger partial charge in [0.25, 0.3) is 11.8 Å². The highest BCUT2D eigenvalue weighted by Crippen LogP contribution is 2.53. The Hall–Kier alpha value is -4.73. The van der Waals surface area contributed by atoms with Crippen molar-refractivity contribution >= 4 is 61.7 Å². The molecule has 5 atom stereocenters. The van der Waals surface area contributed by atoms with Crippen LogP contribution in [-0.4, -0.2) is 104 Å². The van der Waals surface area contributed by atoms with Crippen LogP contribution in [-0.2, 0) is 24.4 Å². The van der Waals surface area contributed by atoms with Crippen molar-refractivity contribution in [3.05, 3.63) is 71.9 Å². The maximum Gasteiger partial charge on any atom is 0.254 e. The number of hydrogen-bond donors (Lipinski definition) is 3. The number of pyridine rings is 1. The van der Waals surface area contributed by atoms with Crippen LogP contribution < -0.4 is 24.8 Å². The molecule has 14 nitrogen and oxygen atoms in total. The van der Waals surface area contributed by atoms with Crippen molar-refractivity contribution in [2.45, 2.75) is 75.4 Å². The summed E-state index contributed by atoms with van der Waals surface area (Å²) in [6, 6.07) is 9.88. The van der Waals surface area contributed by atoms with Crippen molar-refractivity contribution in [3.63, 3.8) is 0 Å². The van der Waals surface area contributed by atoms with Crippen LogP contribution in [0.2, 0.25) is 5.02 Å². The number of carbonyl (C=O) groups excluding carboxylic acids is 4. The molecule has 3 fully saturated rings. The van der Waals surface area contributed by atoms with Gasteiger partial charge in [-0.05, 0) is 67.1 Å². The highest BCUT2D eigenvalue weighted by atomic mass is 35.5. The number of benzene rings is 2. The average Bonchev–Trinajstić information content (AvgIpc) is 4.06. The molecule has 0 unspecified atom stereocenters. The first-order chi connectivity index (χ1) is 25.9. The number of amides is 4. The third-order valence-corrected chi connectivity index (χ3v) is 12.5. The molecule has 4 amide bonds. The number of anilines is 1. The summed E-state index contributed by atoms with van der Waals surface area (Å²) in [4.78, 5) is 62.4. The number of nitrogens with zero attached hydrogens (tertiary/aromatic N) is 3. The van der Waals surface area contributed by atoms with Gasteiger partial charge in [-0.2, -0.15) is 0 Å². The first-order valence-electron chi connectivity index (χ1n) is 18.1. The molecule has 2 aliphatic carbocycles. The van der Waals surface area contributed by atoms with Gasteiger partial charge in [0.05, 0.1) is 24.6 Å². The summed E-state index contributed by atoms with van der Waals surface area (Å²) in [5.74, 6) is -1.96. The van der Waals surface area contributed by atoms with Crippen LogP contribution in [0, 0.1) is 11.3 Å². The summed E-state index contributed by atoms with van der Waals surface area (Å²) in [7, 11) is 0.913. The molecular formula is C39H47ClN6O8S. The number of hydrogen-bond acceptors (Lipinski definition) is 11. The standard InChI is InChI=1S/C39H47ClN6O8S/c1-8-23-19-39(23,37(50)44-55(51,52)27-14-15-27)46-21-26(54-35-29-17-24(40)11-16-28(29)31(53-7)20-41-35)18-30(46)33(47)43-34(48)32(38(2,3)4)42-25-12-9-22(10-13-25)36(49)45(5)6/h8-13,16-17,20,23,26-27,30,32,42H,1,14-15,18-19,21H2,2-7H3,(H,44,50)(H,43,47,48)/t23-,26-,30+,32-,39-/m1/s1. The van der Waals surface area contributed by atoms with E-state index in [-0.39, 0.29) is 31.2 Å². The number of fused-ring (bicyclic) bond motifs is 1. The Kier molecular flexibility index (Phi) is 10.9. The molecule has 3 aromatic rings. The van der Waals surface area contributed by atoms with Crippen molar-refractivity contribution < 1.29 is 37.1 Å². The van der Waals surface area contributed by atoms with Crippen LogP contribution in [0.3, 0.4) is 0 Å². The van der Waals surface area contributed by atoms with Crippen molar-refractivity contribution in [1.82, 2.24) is 24.8 Å². The Balaban J connectivity index is 1.29. The average molecular weight is 795 g/mol. The van der Waals surface area contributed by atoms with Crippen LogP contribution in [0.1, 0.15) is 56.8 Å². The van der Waals surface area contributed by atoms with Gasteiger partial charge in [-0.15, -0.1) is 6.58 Å². The van der Waals surface area contributed by atoms with E-state index in [2.05, 4.69) is 26.9 Å². The van der Waals surface area contributed by atoms with E-state index >= 15 is 0 Å². The molecule has 2 heterocycles. The number of imide groups is 1. The smallest absolute Gasteiger partial charge is 0.254 e. The Morgan fingerprint density at radius 2 is 1.78 bits per heavy atom. The Labute approximate surface area is 326 Å². The van der Waals surface area contributed by atoms with Crippen molar-refractivity contribution in [2.24, 2.45) is 11.3 Å². The fourth-order valence-corrected chi connectivity index (χ4v) is 8.72. The normalized spacial score (nSPS) is 23.0. The van der Waals surface area contributed by atoms with Gasteiger partial charge in [-0.3, -0.25) is 34.1 Å². The van der Waals surface area contributed by atoms with Gasteiger partial charge in [0.15, 0.2) is 0 Å². The van der Waals surface area contributed by atoms with Crippen molar-refractivity contribution in [2.75, 3.05) is 33.1 Å². The fraction of sp³-hybridized carbons (Fsp3) is 0.462. The second kappa shape index (κ2) is 15.1. The Morgan fingerprint density at radius 3 is 2.36 bits per heavy atom. The molecule has 55 heavy (non-hydrogen) atoms. The molecule has 6 rings (SSSR count). The number of likely N-dealkylation sites (tertiary alicyclic amines) is 1. The summed E-state index contributed by atoms with van der Waals surface area (Å²) in [5.41, 5.74) is -1.08. The van der Waals surface area contributed by atoms with Crippen LogP contribution in [0.4, 0.5) is 5.69 Å². The molecule has 1 aromatic heterocycles. The summed E-state index contributed by atoms with van der Waals surface area (Å²) in [5, 5.41) is 6.86. The van der Waals surface area contributed by atoms with E-state index in [9.17, 15) is 27.6 Å². The maximum absolute atomic E-state index is 14.3. The third-order valence-electron chi connectivity index (χ3n) is 10.4. The number of methoxy groups -OCH3 is 1. The quantitative estimate of drug-likeness (QED) is 0.212. The molecule has 2 saturated carbocycles. The largest absolute Gasteiger partial charge is 0.494 e. The van der Waals surface area contributed by atoms with Crippen LogP contribution in [0.15, 0.2) is 61.3 Å². The van der Waals surface area contributed by atoms with E-state index < -0.39 is 68.1 Å². The van der Waals surface area contributed by atoms with Gasteiger partial charge in [0.1, 0.15) is 23.4 Å². The van der Waals surface area contributed by atoms with E-state index in [1.54, 1.807) is 67.5 Å². The van der Waals surface area contributed by atoms with E-state index in [4.69, 9.17) is 21.1 Å². The van der Waals surface area contributed by atoms with Gasteiger partial charge < -0.3 is 19.7 Å². The van der Waals surface area contributed by atoms with E-state index in [0.717, 1.165) is 0 Å². The summed E-state index contributed by atoms with van der Waals surface area (Å²) in [6.07, 6.45) is 3.55. The van der Waals surface area contributed by atoms with E-state index in [1.165, 1.54) is 18.2 Å². The lowest BCUT2D eigenvalue weighted by Gasteiger charge is -2.34. The van der Waals surface area contributed by atoms with E-state index in [1.807, 2.05) is 20.8 Å². The molecule has 294 valence electrons. The molecule has 3 N–H and O–H groups in total. The third kappa shape index (κ3) is 8.14. The number of aromatic nitrogens is 1. The van der Waals surface area contributed by atoms with Crippen molar-refractivity contribution in [3.8, 4) is 11.6 Å². The summed E-state index contributed by atoms with van der Waals surface area (Å²) < 4.78 is 40.2. The molecular weight excluding hydrogens is 748 g/mol. The van der Waals surface area contributed by atoms with Crippen LogP contribution in [0.5, 0.6) is 11.6 Å². The lowest BCUT2D eigenvalue weighted by molar-refractivity contribution is -0.136. The molecule has 1 saturated heterocycles. The summed E-state index contributed by atoms with van der Waals surface area (Å²) >= 11 is 6.35. The molecule has 2 aromatic carbocycles. The first-order valence-corrected chi connectivity index (χ1v) is 20.0. The maximum atomic E-state index is 14.3. The van der Waals surface area contributed by atoms with Crippen LogP contribution >= 0.6 is 11.6 Å². The minimum atomic E-state index is -3.92. The van der Waals surface area contributed by atoms with Gasteiger partial charge in [0, 0.05) is 60.0 Å². The monoisotopic (exact) mass is 794 g/mol. The zero-order valence-electron chi connectivity index (χ0n) is 31.7. The summed E-state index contributed by atoms with van der Waals surface area (Å²) in [6.45, 7) is 9.46. The highest BCUT2D eigenvalue weighted by molar-refractivity contribution is 7.91. The Bertz CT molecular complexity index is 2140. The van der Waals surface area contributed by atoms with Gasteiger partial charge >= 0.3 is 0 Å². The van der Waals surface area contributed by atoms with Crippen LogP contribution in [0.25, 0.3) is 10.8 Å². The number of carbonyl (C=O) groups is 4. The number of sulfonamides is 1. The van der Waals surface area contributed by atoms with Crippen molar-refractivity contribution in [1.29, 1.82) is 0 Å². The number of nitrogens with one attached hydrogen (secondary N) is 3. The molecule has 16 heteroatoms. The minimum Gasteiger partial charge on any atom is -0.494 e. The second-order valence-electron chi connectivity index (χ2n) is 15.7. The Morgan fingerprint density at radius 1 is 1.09 bits per heavy atom. The number of halogens is 1. The van der Waals surface area contributed by atoms with Gasteiger partial charge in [0.2, 0.25) is 27.7 Å². The number of rotatable bonds is 13. The van der Waals surface area contributed by atoms with E-state index in [0.29, 0.717) is 45.6 Å². The lowest BCUT2D eigenvalue weighted by Crippen LogP contribution is -2.59. The number of ether oxygens (including phenoxy) is 2. The predicted molar refractivity (Wildman–Crippen MR) is 208 cm³/mol. The molecule has 3 aliphatic rings. The zero-order chi connectivity index (χ0) is 40.0. The topological polar surface area (TPSA) is 176 Å².